The smallest absolute Gasteiger partial charge is 0.131 e. The summed E-state index contributed by atoms with van der Waals surface area (Å²) in [6.45, 7) is 2.02. The topological polar surface area (TPSA) is 47.1 Å². The van der Waals surface area contributed by atoms with Crippen LogP contribution in [0.5, 0.6) is 0 Å². The normalized spacial score (nSPS) is 16.2. The fourth-order valence-electron chi connectivity index (χ4n) is 2.66. The van der Waals surface area contributed by atoms with Crippen LogP contribution in [-0.4, -0.2) is 32.5 Å². The van der Waals surface area contributed by atoms with Crippen LogP contribution in [0.1, 0.15) is 11.4 Å². The molecule has 0 unspecified atom stereocenters. The van der Waals surface area contributed by atoms with E-state index in [2.05, 4.69) is 44.9 Å². The first-order chi connectivity index (χ1) is 8.43. The molecule has 0 bridgehead atoms. The first-order valence-electron chi connectivity index (χ1n) is 6.13. The number of hydrogen-bond acceptors (Lipinski definition) is 3. The van der Waals surface area contributed by atoms with Gasteiger partial charge in [0.05, 0.1) is 28.5 Å². The molecular formula is C12H16B2N4. The van der Waals surface area contributed by atoms with E-state index < -0.39 is 0 Å². The molecule has 2 N–H and O–H groups in total. The summed E-state index contributed by atoms with van der Waals surface area (Å²) < 4.78 is 2.01. The zero-order chi connectivity index (χ0) is 13.1. The number of benzene rings is 1. The van der Waals surface area contributed by atoms with Crippen molar-refractivity contribution in [1.29, 1.82) is 0 Å². The van der Waals surface area contributed by atoms with Gasteiger partial charge in [-0.25, -0.2) is 4.68 Å². The number of fused-ring (bicyclic) bond motifs is 3. The van der Waals surface area contributed by atoms with Gasteiger partial charge in [0.15, 0.2) is 0 Å². The molecular weight excluding hydrogens is 222 g/mol. The number of anilines is 2. The van der Waals surface area contributed by atoms with E-state index in [-0.39, 0.29) is 5.34 Å². The lowest BCUT2D eigenvalue weighted by Gasteiger charge is -2.43. The summed E-state index contributed by atoms with van der Waals surface area (Å²) >= 11 is 0. The van der Waals surface area contributed by atoms with Crippen molar-refractivity contribution in [1.82, 2.24) is 9.78 Å². The highest BCUT2D eigenvalue weighted by atomic mass is 15.4. The van der Waals surface area contributed by atoms with Crippen LogP contribution in [0.2, 0.25) is 0 Å². The van der Waals surface area contributed by atoms with Crippen molar-refractivity contribution in [2.75, 3.05) is 17.7 Å². The Labute approximate surface area is 109 Å². The Kier molecular flexibility index (Phi) is 2.09. The lowest BCUT2D eigenvalue weighted by Crippen LogP contribution is -2.49. The van der Waals surface area contributed by atoms with Gasteiger partial charge in [-0.2, -0.15) is 5.10 Å². The molecule has 1 aromatic carbocycles. The maximum absolute atomic E-state index is 6.13. The van der Waals surface area contributed by atoms with Gasteiger partial charge in [-0.05, 0) is 25.1 Å². The van der Waals surface area contributed by atoms with Crippen LogP contribution in [0, 0.1) is 6.92 Å². The fraction of sp³-hybridized carbons (Fsp3) is 0.250. The second-order valence-electron chi connectivity index (χ2n) is 5.42. The average molecular weight is 238 g/mol. The van der Waals surface area contributed by atoms with Crippen LogP contribution in [0.25, 0.3) is 5.69 Å². The van der Waals surface area contributed by atoms with Crippen molar-refractivity contribution in [3.05, 3.63) is 35.7 Å². The number of aryl methyl sites for hydroxylation is 1. The highest BCUT2D eigenvalue weighted by Crippen LogP contribution is 2.41. The Hall–Kier alpha value is -1.84. The van der Waals surface area contributed by atoms with Gasteiger partial charge in [-0.3, -0.25) is 0 Å². The maximum atomic E-state index is 6.13. The third-order valence-electron chi connectivity index (χ3n) is 3.91. The highest BCUT2D eigenvalue weighted by molar-refractivity contribution is 6.41. The summed E-state index contributed by atoms with van der Waals surface area (Å²) in [4.78, 5) is 2.23. The molecule has 1 aliphatic heterocycles. The monoisotopic (exact) mass is 238 g/mol. The Morgan fingerprint density at radius 3 is 2.78 bits per heavy atom. The lowest BCUT2D eigenvalue weighted by atomic mass is 9.58. The van der Waals surface area contributed by atoms with Crippen molar-refractivity contribution in [3.8, 4) is 5.69 Å². The van der Waals surface area contributed by atoms with Gasteiger partial charge in [-0.15, -0.1) is 0 Å². The molecule has 90 valence electrons. The van der Waals surface area contributed by atoms with Crippen LogP contribution in [0.15, 0.2) is 24.3 Å². The molecule has 0 saturated heterocycles. The summed E-state index contributed by atoms with van der Waals surface area (Å²) in [6.07, 6.45) is 0. The van der Waals surface area contributed by atoms with E-state index in [1.54, 1.807) is 0 Å². The van der Waals surface area contributed by atoms with Crippen LogP contribution < -0.4 is 10.6 Å². The van der Waals surface area contributed by atoms with Crippen molar-refractivity contribution in [2.24, 2.45) is 0 Å². The first kappa shape index (κ1) is 11.3. The van der Waals surface area contributed by atoms with Gasteiger partial charge < -0.3 is 10.6 Å². The van der Waals surface area contributed by atoms with Gasteiger partial charge >= 0.3 is 0 Å². The van der Waals surface area contributed by atoms with Crippen molar-refractivity contribution < 1.29 is 0 Å². The minimum Gasteiger partial charge on any atom is -0.397 e. The van der Waals surface area contributed by atoms with Crippen LogP contribution >= 0.6 is 0 Å². The Bertz CT molecular complexity index is 633. The third kappa shape index (κ3) is 1.26. The number of nitrogens with zero attached hydrogens (tertiary/aromatic N) is 3. The number of aromatic nitrogens is 2. The van der Waals surface area contributed by atoms with E-state index in [1.165, 1.54) is 5.69 Å². The second-order valence-corrected chi connectivity index (χ2v) is 5.42. The highest BCUT2D eigenvalue weighted by Gasteiger charge is 2.37. The molecule has 6 heteroatoms. The minimum atomic E-state index is -0.121. The average Bonchev–Trinajstić information content (AvgIpc) is 2.69. The summed E-state index contributed by atoms with van der Waals surface area (Å²) in [5.41, 5.74) is 11.3. The largest absolute Gasteiger partial charge is 0.397 e. The third-order valence-corrected chi connectivity index (χ3v) is 3.91. The SMILES string of the molecule is BC1(B)c2cc(C)nn2-c2cccc(N)c2N1C. The second kappa shape index (κ2) is 3.34. The molecule has 0 spiro atoms. The number of para-hydroxylation sites is 1. The van der Waals surface area contributed by atoms with Gasteiger partial charge in [0.1, 0.15) is 15.7 Å². The van der Waals surface area contributed by atoms with Crippen molar-refractivity contribution in [2.45, 2.75) is 12.3 Å². The number of rotatable bonds is 0. The van der Waals surface area contributed by atoms with Crippen molar-refractivity contribution in [3.63, 3.8) is 0 Å². The molecule has 1 aliphatic rings. The number of nitrogen functional groups attached to an aromatic ring is 1. The quantitative estimate of drug-likeness (QED) is 0.501. The summed E-state index contributed by atoms with van der Waals surface area (Å²) in [5, 5.41) is 4.48. The summed E-state index contributed by atoms with van der Waals surface area (Å²) in [5.74, 6) is 0. The molecule has 2 heterocycles. The van der Waals surface area contributed by atoms with Crippen LogP contribution in [0.3, 0.4) is 0 Å². The first-order valence-corrected chi connectivity index (χ1v) is 6.13. The zero-order valence-electron chi connectivity index (χ0n) is 11.2. The Morgan fingerprint density at radius 2 is 2.06 bits per heavy atom. The molecule has 4 nitrogen and oxygen atoms in total. The van der Waals surface area contributed by atoms with E-state index in [1.807, 2.05) is 23.7 Å². The summed E-state index contributed by atoms with van der Waals surface area (Å²) in [6, 6.07) is 8.11. The van der Waals surface area contributed by atoms with E-state index in [4.69, 9.17) is 5.73 Å². The molecule has 0 amide bonds. The minimum absolute atomic E-state index is 0.121. The van der Waals surface area contributed by atoms with E-state index in [0.29, 0.717) is 0 Å². The molecule has 1 aromatic heterocycles. The van der Waals surface area contributed by atoms with E-state index in [9.17, 15) is 0 Å². The van der Waals surface area contributed by atoms with Crippen LogP contribution in [-0.2, 0) is 5.34 Å². The molecule has 2 aromatic rings. The fourth-order valence-corrected chi connectivity index (χ4v) is 2.66. The van der Waals surface area contributed by atoms with E-state index >= 15 is 0 Å². The Morgan fingerprint density at radius 1 is 1.33 bits per heavy atom. The van der Waals surface area contributed by atoms with Gasteiger partial charge in [-0.1, -0.05) is 6.07 Å². The maximum Gasteiger partial charge on any atom is 0.131 e. The van der Waals surface area contributed by atoms with Crippen molar-refractivity contribution >= 4 is 27.1 Å². The van der Waals surface area contributed by atoms with Gasteiger partial charge in [0.25, 0.3) is 0 Å². The number of hydrogen-bond donors (Lipinski definition) is 1. The molecule has 0 aliphatic carbocycles. The standard InChI is InChI=1S/C12H16B2N4/c1-7-6-10-12(13,14)17(2)11-8(15)4-3-5-9(11)18(10)16-7/h3-6H,13-15H2,1-2H3. The van der Waals surface area contributed by atoms with Gasteiger partial charge in [0.2, 0.25) is 0 Å². The predicted octanol–water partition coefficient (Wildman–Crippen LogP) is -0.411. The molecule has 0 fully saturated rings. The molecule has 18 heavy (non-hydrogen) atoms. The lowest BCUT2D eigenvalue weighted by molar-refractivity contribution is 0.676. The van der Waals surface area contributed by atoms with Gasteiger partial charge in [0, 0.05) is 12.4 Å². The molecule has 0 radical (unpaired) electrons. The Balaban J connectivity index is 2.40. The van der Waals surface area contributed by atoms with E-state index in [0.717, 1.165) is 22.8 Å². The molecule has 3 rings (SSSR count). The van der Waals surface area contributed by atoms with Crippen LogP contribution in [0.4, 0.5) is 11.4 Å². The number of nitrogens with two attached hydrogens (primary N) is 1. The molecule has 0 atom stereocenters. The zero-order valence-corrected chi connectivity index (χ0v) is 11.2. The molecule has 0 saturated carbocycles. The predicted molar refractivity (Wildman–Crippen MR) is 79.9 cm³/mol. The summed E-state index contributed by atoms with van der Waals surface area (Å²) in [7, 11) is 6.46.